The van der Waals surface area contributed by atoms with Gasteiger partial charge in [-0.15, -0.1) is 10.2 Å². The van der Waals surface area contributed by atoms with E-state index >= 15 is 4.39 Å². The summed E-state index contributed by atoms with van der Waals surface area (Å²) in [5.74, 6) is 1.04. The van der Waals surface area contributed by atoms with Crippen LogP contribution in [-0.4, -0.2) is 81.2 Å². The number of piperidine rings is 1. The number of aryl methyl sites for hydroxylation is 1. The maximum absolute atomic E-state index is 15.1. The van der Waals surface area contributed by atoms with Crippen molar-refractivity contribution >= 4 is 0 Å². The number of hydrogen-bond acceptors (Lipinski definition) is 5. The molecule has 1 aromatic heterocycles. The predicted octanol–water partition coefficient (Wildman–Crippen LogP) is 6.17. The number of aromatic nitrogens is 3. The van der Waals surface area contributed by atoms with Gasteiger partial charge in [-0.3, -0.25) is 4.90 Å². The molecule has 2 fully saturated rings. The minimum Gasteiger partial charge on any atom is -0.349 e. The van der Waals surface area contributed by atoms with Crippen LogP contribution in [0.2, 0.25) is 0 Å². The van der Waals surface area contributed by atoms with Crippen LogP contribution in [-0.2, 0) is 7.05 Å². The molecular weight excluding hydrogens is 539 g/mol. The highest BCUT2D eigenvalue weighted by molar-refractivity contribution is 5.46. The molecule has 2 aliphatic heterocycles. The summed E-state index contributed by atoms with van der Waals surface area (Å²) in [6.07, 6.45) is 7.54. The van der Waals surface area contributed by atoms with Gasteiger partial charge in [-0.05, 0) is 62.3 Å². The van der Waals surface area contributed by atoms with E-state index in [2.05, 4.69) is 10.2 Å². The van der Waals surface area contributed by atoms with Crippen molar-refractivity contribution in [1.29, 1.82) is 0 Å². The normalized spacial score (nSPS) is 25.7. The van der Waals surface area contributed by atoms with Crippen molar-refractivity contribution in [1.82, 2.24) is 29.5 Å². The molecule has 0 spiro atoms. The van der Waals surface area contributed by atoms with Crippen LogP contribution in [0.25, 0.3) is 0 Å². The average molecular weight is 579 g/mol. The lowest BCUT2D eigenvalue weighted by Gasteiger charge is -2.37. The Morgan fingerprint density at radius 3 is 2.46 bits per heavy atom. The third-order valence-electron chi connectivity index (χ3n) is 8.84. The van der Waals surface area contributed by atoms with Crippen LogP contribution in [0, 0.1) is 5.92 Å². The van der Waals surface area contributed by atoms with Gasteiger partial charge < -0.3 is 14.4 Å². The Bertz CT molecular complexity index is 1270. The van der Waals surface area contributed by atoms with E-state index < -0.39 is 23.6 Å². The van der Waals surface area contributed by atoms with Gasteiger partial charge in [0.25, 0.3) is 0 Å². The number of halogens is 5. The number of rotatable bonds is 7. The second kappa shape index (κ2) is 11.4. The Labute approximate surface area is 238 Å². The van der Waals surface area contributed by atoms with Crippen molar-refractivity contribution < 1.29 is 22.0 Å². The van der Waals surface area contributed by atoms with Crippen LogP contribution < -0.4 is 0 Å². The molecule has 2 aliphatic carbocycles. The second-order valence-electron chi connectivity index (χ2n) is 12.2. The zero-order valence-corrected chi connectivity index (χ0v) is 24.1. The molecule has 5 rings (SSSR count). The van der Waals surface area contributed by atoms with Crippen LogP contribution in [0.5, 0.6) is 0 Å². The molecule has 2 atom stereocenters. The van der Waals surface area contributed by atoms with Gasteiger partial charge >= 0.3 is 6.18 Å². The summed E-state index contributed by atoms with van der Waals surface area (Å²) < 4.78 is 74.2. The molecule has 224 valence electrons. The van der Waals surface area contributed by atoms with Crippen LogP contribution in [0.3, 0.4) is 0 Å². The molecular formula is C30H39F5N6. The van der Waals surface area contributed by atoms with E-state index in [0.29, 0.717) is 49.7 Å². The van der Waals surface area contributed by atoms with Crippen molar-refractivity contribution in [2.45, 2.75) is 69.4 Å². The molecule has 1 saturated carbocycles. The van der Waals surface area contributed by atoms with Crippen molar-refractivity contribution in [3.05, 3.63) is 70.9 Å². The maximum Gasteiger partial charge on any atom is 0.418 e. The van der Waals surface area contributed by atoms with E-state index in [1.165, 1.54) is 23.3 Å². The van der Waals surface area contributed by atoms with Crippen LogP contribution in [0.4, 0.5) is 22.0 Å². The van der Waals surface area contributed by atoms with Gasteiger partial charge in [0.05, 0.1) is 11.3 Å². The molecule has 0 aromatic carbocycles. The lowest BCUT2D eigenvalue weighted by atomic mass is 9.70. The number of likely N-dealkylation sites (N-methyl/N-ethyl adjacent to an activating group) is 2. The van der Waals surface area contributed by atoms with Crippen LogP contribution >= 0.6 is 0 Å². The highest BCUT2D eigenvalue weighted by Crippen LogP contribution is 2.46. The highest BCUT2D eigenvalue weighted by Gasteiger charge is 2.40. The predicted molar refractivity (Wildman–Crippen MR) is 148 cm³/mol. The first-order valence-electron chi connectivity index (χ1n) is 14.3. The zero-order valence-electron chi connectivity index (χ0n) is 24.1. The molecule has 0 radical (unpaired) electrons. The Morgan fingerprint density at radius 2 is 1.88 bits per heavy atom. The standard InChI is InChI=1S/C30H39F5N6/c1-29(32)8-10-41(11-9-29)17-20-12-25(30(33,34)35)26(39(3)16-20)18-38(2)24-14-22(13-23(31)15-24)27(21-6-5-7-21)28-37-36-19-40(28)4/h12,14-16,18-19,21,23,27H,5-11,13,17H2,1-4H3/b26-18-. The first kappa shape index (κ1) is 29.5. The smallest absolute Gasteiger partial charge is 0.349 e. The Kier molecular flexibility index (Phi) is 8.20. The summed E-state index contributed by atoms with van der Waals surface area (Å²) in [5.41, 5.74) is -0.117. The molecule has 1 saturated heterocycles. The van der Waals surface area contributed by atoms with Gasteiger partial charge in [0.2, 0.25) is 0 Å². The van der Waals surface area contributed by atoms with E-state index in [1.54, 1.807) is 38.4 Å². The molecule has 41 heavy (non-hydrogen) atoms. The van der Waals surface area contributed by atoms with Gasteiger partial charge in [-0.2, -0.15) is 13.2 Å². The third-order valence-corrected chi connectivity index (χ3v) is 8.84. The SMILES string of the molecule is CN(/C=C1/C(C(F)(F)F)=CC(CN2CCC(C)(F)CC2)=CN1C)C1=CC(F)CC(C(c2nncn2C)C2CCC2)=C1. The van der Waals surface area contributed by atoms with E-state index in [9.17, 15) is 17.6 Å². The van der Waals surface area contributed by atoms with Crippen molar-refractivity contribution in [2.75, 3.05) is 33.7 Å². The van der Waals surface area contributed by atoms with Gasteiger partial charge in [-0.25, -0.2) is 8.78 Å². The van der Waals surface area contributed by atoms with Gasteiger partial charge in [0.15, 0.2) is 0 Å². The zero-order chi connectivity index (χ0) is 29.5. The number of hydrogen-bond donors (Lipinski definition) is 0. The first-order valence-corrected chi connectivity index (χ1v) is 14.3. The molecule has 6 nitrogen and oxygen atoms in total. The molecule has 0 amide bonds. The molecule has 1 aromatic rings. The third kappa shape index (κ3) is 6.60. The van der Waals surface area contributed by atoms with Crippen LogP contribution in [0.15, 0.2) is 65.1 Å². The number of likely N-dealkylation sites (tertiary alicyclic amines) is 1. The van der Waals surface area contributed by atoms with Crippen LogP contribution in [0.1, 0.15) is 57.2 Å². The Morgan fingerprint density at radius 1 is 1.17 bits per heavy atom. The molecule has 4 aliphatic rings. The lowest BCUT2D eigenvalue weighted by Crippen LogP contribution is -2.41. The fourth-order valence-electron chi connectivity index (χ4n) is 6.20. The molecule has 2 unspecified atom stereocenters. The molecule has 3 heterocycles. The van der Waals surface area contributed by atoms with Crippen molar-refractivity contribution in [3.63, 3.8) is 0 Å². The summed E-state index contributed by atoms with van der Waals surface area (Å²) in [4.78, 5) is 5.02. The second-order valence-corrected chi connectivity index (χ2v) is 12.2. The van der Waals surface area contributed by atoms with Gasteiger partial charge in [-0.1, -0.05) is 12.0 Å². The lowest BCUT2D eigenvalue weighted by molar-refractivity contribution is -0.0913. The summed E-state index contributed by atoms with van der Waals surface area (Å²) in [6.45, 7) is 2.88. The highest BCUT2D eigenvalue weighted by atomic mass is 19.4. The van der Waals surface area contributed by atoms with Crippen molar-refractivity contribution in [3.8, 4) is 0 Å². The first-order chi connectivity index (χ1) is 19.3. The Balaban J connectivity index is 1.40. The molecule has 0 N–H and O–H groups in total. The van der Waals surface area contributed by atoms with E-state index in [0.717, 1.165) is 30.7 Å². The van der Waals surface area contributed by atoms with Crippen molar-refractivity contribution in [2.24, 2.45) is 13.0 Å². The molecule has 0 bridgehead atoms. The van der Waals surface area contributed by atoms with E-state index in [-0.39, 0.29) is 18.0 Å². The van der Waals surface area contributed by atoms with E-state index in [1.807, 2.05) is 22.6 Å². The average Bonchev–Trinajstić information content (AvgIpc) is 3.28. The summed E-state index contributed by atoms with van der Waals surface area (Å²) in [5, 5.41) is 8.35. The largest absolute Gasteiger partial charge is 0.418 e. The topological polar surface area (TPSA) is 40.4 Å². The number of nitrogens with zero attached hydrogens (tertiary/aromatic N) is 6. The summed E-state index contributed by atoms with van der Waals surface area (Å²) in [6, 6.07) is 0. The fraction of sp³-hybridized carbons (Fsp3) is 0.600. The number of allylic oxidation sites excluding steroid dienone is 4. The summed E-state index contributed by atoms with van der Waals surface area (Å²) >= 11 is 0. The molecule has 11 heteroatoms. The summed E-state index contributed by atoms with van der Waals surface area (Å²) in [7, 11) is 5.11. The quantitative estimate of drug-likeness (QED) is 0.362. The minimum atomic E-state index is -4.59. The fourth-order valence-corrected chi connectivity index (χ4v) is 6.20. The van der Waals surface area contributed by atoms with Gasteiger partial charge in [0, 0.05) is 71.2 Å². The van der Waals surface area contributed by atoms with E-state index in [4.69, 9.17) is 0 Å². The Hall–Kier alpha value is -2.95. The monoisotopic (exact) mass is 578 g/mol. The maximum atomic E-state index is 15.1. The van der Waals surface area contributed by atoms with Gasteiger partial charge in [0.1, 0.15) is 24.0 Å². The minimum absolute atomic E-state index is 0.0283. The number of alkyl halides is 5.